The van der Waals surface area contributed by atoms with E-state index >= 15 is 0 Å². The van der Waals surface area contributed by atoms with E-state index in [9.17, 15) is 19.5 Å². The molecule has 1 aliphatic rings. The maximum Gasteiger partial charge on any atom is 0.411 e. The van der Waals surface area contributed by atoms with Crippen molar-refractivity contribution < 1.29 is 24.2 Å². The Morgan fingerprint density at radius 3 is 2.20 bits per heavy atom. The minimum absolute atomic E-state index is 0.0694. The van der Waals surface area contributed by atoms with E-state index in [1.54, 1.807) is 0 Å². The molecule has 2 amide bonds. The van der Waals surface area contributed by atoms with Crippen molar-refractivity contribution >= 4 is 35.3 Å². The third-order valence-corrected chi connectivity index (χ3v) is 6.31. The fourth-order valence-corrected chi connectivity index (χ4v) is 4.52. The molecular weight excluding hydrogens is 468 g/mol. The van der Waals surface area contributed by atoms with Gasteiger partial charge in [0.15, 0.2) is 0 Å². The van der Waals surface area contributed by atoms with Crippen LogP contribution in [0.25, 0.3) is 11.1 Å². The number of hydrogen-bond acceptors (Lipinski definition) is 4. The summed E-state index contributed by atoms with van der Waals surface area (Å²) >= 11 is 6.27. The summed E-state index contributed by atoms with van der Waals surface area (Å²) in [5, 5.41) is 14.5. The number of benzene rings is 3. The van der Waals surface area contributed by atoms with Gasteiger partial charge in [0, 0.05) is 11.5 Å². The minimum Gasteiger partial charge on any atom is -0.480 e. The number of carboxylic acid groups (broad SMARTS) is 1. The second kappa shape index (κ2) is 10.6. The number of carbonyl (C=O) groups excluding carboxylic acids is 2. The molecule has 0 saturated heterocycles. The van der Waals surface area contributed by atoms with Gasteiger partial charge in [0.05, 0.1) is 10.7 Å². The molecule has 0 radical (unpaired) electrons. The summed E-state index contributed by atoms with van der Waals surface area (Å²) in [7, 11) is 0. The van der Waals surface area contributed by atoms with Crippen LogP contribution >= 0.6 is 11.6 Å². The van der Waals surface area contributed by atoms with Crippen molar-refractivity contribution in [3.63, 3.8) is 0 Å². The third kappa shape index (κ3) is 5.30. The van der Waals surface area contributed by atoms with Crippen LogP contribution in [0.4, 0.5) is 10.5 Å². The van der Waals surface area contributed by atoms with Crippen LogP contribution in [0.1, 0.15) is 47.2 Å². The summed E-state index contributed by atoms with van der Waals surface area (Å²) in [6.45, 7) is 1.99. The number of amides is 2. The van der Waals surface area contributed by atoms with Crippen molar-refractivity contribution in [1.29, 1.82) is 0 Å². The molecule has 3 aromatic carbocycles. The number of carboxylic acids is 1. The molecule has 35 heavy (non-hydrogen) atoms. The van der Waals surface area contributed by atoms with Gasteiger partial charge in [-0.25, -0.2) is 9.59 Å². The van der Waals surface area contributed by atoms with E-state index in [0.29, 0.717) is 12.8 Å². The van der Waals surface area contributed by atoms with Gasteiger partial charge >= 0.3 is 12.1 Å². The first-order chi connectivity index (χ1) is 16.9. The summed E-state index contributed by atoms with van der Waals surface area (Å²) in [6.07, 6.45) is 0.261. The number of fused-ring (bicyclic) bond motifs is 3. The predicted octanol–water partition coefficient (Wildman–Crippen LogP) is 5.68. The number of anilines is 1. The summed E-state index contributed by atoms with van der Waals surface area (Å²) in [5.74, 6) is -1.72. The maximum atomic E-state index is 12.5. The van der Waals surface area contributed by atoms with Crippen molar-refractivity contribution in [3.8, 4) is 11.1 Å². The Morgan fingerprint density at radius 2 is 1.63 bits per heavy atom. The molecule has 0 heterocycles. The van der Waals surface area contributed by atoms with E-state index in [1.807, 2.05) is 43.3 Å². The van der Waals surface area contributed by atoms with Gasteiger partial charge in [-0.2, -0.15) is 0 Å². The van der Waals surface area contributed by atoms with Crippen LogP contribution < -0.4 is 10.6 Å². The predicted molar refractivity (Wildman–Crippen MR) is 134 cm³/mol. The zero-order valence-electron chi connectivity index (χ0n) is 19.1. The molecule has 0 saturated carbocycles. The lowest BCUT2D eigenvalue weighted by molar-refractivity contribution is -0.139. The first-order valence-corrected chi connectivity index (χ1v) is 11.7. The molecule has 0 aliphatic heterocycles. The first-order valence-electron chi connectivity index (χ1n) is 11.3. The van der Waals surface area contributed by atoms with E-state index in [-0.39, 0.29) is 28.8 Å². The number of carbonyl (C=O) groups is 3. The molecular formula is C27H25ClN2O5. The Balaban J connectivity index is 1.39. The Morgan fingerprint density at radius 1 is 1.00 bits per heavy atom. The summed E-state index contributed by atoms with van der Waals surface area (Å²) < 4.78 is 5.53. The quantitative estimate of drug-likeness (QED) is 0.375. The number of nitrogens with one attached hydrogen (secondary N) is 2. The summed E-state index contributed by atoms with van der Waals surface area (Å²) in [5.41, 5.74) is 4.96. The number of hydrogen-bond donors (Lipinski definition) is 3. The molecule has 8 heteroatoms. The van der Waals surface area contributed by atoms with E-state index in [2.05, 4.69) is 22.8 Å². The molecule has 3 N–H and O–H groups in total. The van der Waals surface area contributed by atoms with Crippen LogP contribution in [-0.4, -0.2) is 35.7 Å². The number of halogens is 1. The molecule has 0 unspecified atom stereocenters. The normalized spacial score (nSPS) is 12.9. The van der Waals surface area contributed by atoms with Crippen LogP contribution in [0.2, 0.25) is 5.02 Å². The van der Waals surface area contributed by atoms with E-state index < -0.39 is 24.0 Å². The zero-order valence-corrected chi connectivity index (χ0v) is 19.8. The molecule has 1 atom stereocenters. The molecule has 180 valence electrons. The lowest BCUT2D eigenvalue weighted by Crippen LogP contribution is -2.40. The highest BCUT2D eigenvalue weighted by atomic mass is 35.5. The number of aliphatic carboxylic acids is 1. The fourth-order valence-electron chi connectivity index (χ4n) is 4.29. The molecule has 0 fully saturated rings. The van der Waals surface area contributed by atoms with E-state index in [4.69, 9.17) is 16.3 Å². The highest BCUT2D eigenvalue weighted by Gasteiger charge is 2.29. The standard InChI is InChI=1S/C27H25ClN2O5/c1-2-7-24(26(32)33)29-25(31)16-12-13-23(22(28)14-16)30-27(34)35-15-21-19-10-5-3-8-17(19)18-9-4-6-11-20(18)21/h3-6,8-14,21,24H,2,7,15H2,1H3,(H,29,31)(H,30,34)(H,32,33)/t24-/m1/s1. The van der Waals surface area contributed by atoms with Crippen LogP contribution in [0, 0.1) is 0 Å². The van der Waals surface area contributed by atoms with Gasteiger partial charge in [-0.3, -0.25) is 10.1 Å². The fraction of sp³-hybridized carbons (Fsp3) is 0.222. The summed E-state index contributed by atoms with van der Waals surface area (Å²) in [6, 6.07) is 19.5. The Labute approximate surface area is 208 Å². The third-order valence-electron chi connectivity index (χ3n) is 5.99. The summed E-state index contributed by atoms with van der Waals surface area (Å²) in [4.78, 5) is 36.2. The molecule has 1 aliphatic carbocycles. The van der Waals surface area contributed by atoms with Gasteiger partial charge in [0.25, 0.3) is 5.91 Å². The van der Waals surface area contributed by atoms with Crippen molar-refractivity contribution in [2.24, 2.45) is 0 Å². The molecule has 0 spiro atoms. The molecule has 0 aromatic heterocycles. The first kappa shape index (κ1) is 24.3. The Hall–Kier alpha value is -3.84. The second-order valence-electron chi connectivity index (χ2n) is 8.30. The lowest BCUT2D eigenvalue weighted by atomic mass is 9.98. The minimum atomic E-state index is -1.10. The molecule has 4 rings (SSSR count). The Kier molecular flexibility index (Phi) is 7.36. The van der Waals surface area contributed by atoms with Gasteiger partial charge in [0.2, 0.25) is 0 Å². The van der Waals surface area contributed by atoms with E-state index in [0.717, 1.165) is 22.3 Å². The second-order valence-corrected chi connectivity index (χ2v) is 8.71. The topological polar surface area (TPSA) is 105 Å². The SMILES string of the molecule is CCC[C@@H](NC(=O)c1ccc(NC(=O)OCC2c3ccccc3-c3ccccc32)c(Cl)c1)C(=O)O. The van der Waals surface area contributed by atoms with Crippen LogP contribution in [0.5, 0.6) is 0 Å². The number of ether oxygens (including phenoxy) is 1. The van der Waals surface area contributed by atoms with Gasteiger partial charge in [0.1, 0.15) is 12.6 Å². The monoisotopic (exact) mass is 492 g/mol. The van der Waals surface area contributed by atoms with Crippen LogP contribution in [0.3, 0.4) is 0 Å². The largest absolute Gasteiger partial charge is 0.480 e. The van der Waals surface area contributed by atoms with Crippen molar-refractivity contribution in [2.45, 2.75) is 31.7 Å². The lowest BCUT2D eigenvalue weighted by Gasteiger charge is -2.16. The average molecular weight is 493 g/mol. The molecule has 7 nitrogen and oxygen atoms in total. The van der Waals surface area contributed by atoms with Crippen molar-refractivity contribution in [2.75, 3.05) is 11.9 Å². The van der Waals surface area contributed by atoms with E-state index in [1.165, 1.54) is 18.2 Å². The molecule has 0 bridgehead atoms. The van der Waals surface area contributed by atoms with Gasteiger partial charge in [-0.1, -0.05) is 73.5 Å². The van der Waals surface area contributed by atoms with Crippen molar-refractivity contribution in [1.82, 2.24) is 5.32 Å². The zero-order chi connectivity index (χ0) is 24.9. The van der Waals surface area contributed by atoms with Gasteiger partial charge in [-0.15, -0.1) is 0 Å². The smallest absolute Gasteiger partial charge is 0.411 e. The highest BCUT2D eigenvalue weighted by Crippen LogP contribution is 2.44. The van der Waals surface area contributed by atoms with Crippen LogP contribution in [0.15, 0.2) is 66.7 Å². The number of rotatable bonds is 8. The van der Waals surface area contributed by atoms with Crippen molar-refractivity contribution in [3.05, 3.63) is 88.4 Å². The Bertz CT molecular complexity index is 1230. The average Bonchev–Trinajstić information content (AvgIpc) is 3.17. The van der Waals surface area contributed by atoms with Crippen LogP contribution in [-0.2, 0) is 9.53 Å². The molecule has 3 aromatic rings. The van der Waals surface area contributed by atoms with Gasteiger partial charge < -0.3 is 15.2 Å². The maximum absolute atomic E-state index is 12.5. The van der Waals surface area contributed by atoms with Gasteiger partial charge in [-0.05, 0) is 46.9 Å². The highest BCUT2D eigenvalue weighted by molar-refractivity contribution is 6.34.